The van der Waals surface area contributed by atoms with Crippen LogP contribution < -0.4 is 5.32 Å². The summed E-state index contributed by atoms with van der Waals surface area (Å²) < 4.78 is 50.7. The molecule has 27 heavy (non-hydrogen) atoms. The summed E-state index contributed by atoms with van der Waals surface area (Å²) in [5.41, 5.74) is 1.33. The van der Waals surface area contributed by atoms with Gasteiger partial charge in [-0.15, -0.1) is 5.10 Å². The van der Waals surface area contributed by atoms with Crippen LogP contribution in [0.15, 0.2) is 53.7 Å². The molecule has 0 aliphatic rings. The third kappa shape index (κ3) is 3.67. The first-order valence-corrected chi connectivity index (χ1v) is 9.12. The van der Waals surface area contributed by atoms with Gasteiger partial charge in [0.25, 0.3) is 5.91 Å². The summed E-state index contributed by atoms with van der Waals surface area (Å²) in [6.07, 6.45) is 1.40. The molecule has 1 amide bonds. The van der Waals surface area contributed by atoms with Crippen molar-refractivity contribution in [1.29, 1.82) is 0 Å². The second-order valence-corrected chi connectivity index (χ2v) is 7.40. The first-order chi connectivity index (χ1) is 12.8. The lowest BCUT2D eigenvalue weighted by atomic mass is 10.1. The largest absolute Gasteiger partial charge is 0.341 e. The predicted octanol–water partition coefficient (Wildman–Crippen LogP) is 2.22. The molecular formula is C16H13F2N5O3S. The third-order valence-electron chi connectivity index (χ3n) is 3.73. The van der Waals surface area contributed by atoms with Crippen molar-refractivity contribution in [3.63, 3.8) is 0 Å². The number of alkyl halides is 2. The van der Waals surface area contributed by atoms with Crippen molar-refractivity contribution in [2.24, 2.45) is 0 Å². The zero-order chi connectivity index (χ0) is 19.6. The highest BCUT2D eigenvalue weighted by atomic mass is 32.2. The summed E-state index contributed by atoms with van der Waals surface area (Å²) in [7, 11) is -4.85. The molecule has 140 valence electrons. The second kappa shape index (κ2) is 7.19. The van der Waals surface area contributed by atoms with E-state index in [0.29, 0.717) is 11.3 Å². The van der Waals surface area contributed by atoms with Gasteiger partial charge in [0.2, 0.25) is 9.84 Å². The van der Waals surface area contributed by atoms with Crippen LogP contribution in [0.3, 0.4) is 0 Å². The van der Waals surface area contributed by atoms with E-state index in [-0.39, 0.29) is 11.3 Å². The maximum atomic E-state index is 12.9. The van der Waals surface area contributed by atoms with Crippen molar-refractivity contribution in [2.75, 3.05) is 5.32 Å². The Morgan fingerprint density at radius 3 is 2.56 bits per heavy atom. The SMILES string of the molecule is Cc1cc(C(=O)Nc2ccccc2S(=O)(=O)C(F)F)ccc1-n1cnnn1. The van der Waals surface area contributed by atoms with Gasteiger partial charge < -0.3 is 5.32 Å². The molecule has 1 aromatic heterocycles. The Balaban J connectivity index is 1.90. The fourth-order valence-electron chi connectivity index (χ4n) is 2.43. The summed E-state index contributed by atoms with van der Waals surface area (Å²) in [6.45, 7) is 1.74. The zero-order valence-electron chi connectivity index (χ0n) is 13.9. The number of aromatic nitrogens is 4. The minimum Gasteiger partial charge on any atom is -0.321 e. The van der Waals surface area contributed by atoms with Gasteiger partial charge in [0.1, 0.15) is 6.33 Å². The molecule has 8 nitrogen and oxygen atoms in total. The van der Waals surface area contributed by atoms with Crippen molar-refractivity contribution in [3.05, 3.63) is 59.9 Å². The van der Waals surface area contributed by atoms with Crippen LogP contribution in [0.4, 0.5) is 14.5 Å². The van der Waals surface area contributed by atoms with Gasteiger partial charge in [0, 0.05) is 5.56 Å². The Kier molecular flexibility index (Phi) is 4.95. The number of rotatable bonds is 5. The molecule has 3 rings (SSSR count). The number of halogens is 2. The number of para-hydroxylation sites is 1. The van der Waals surface area contributed by atoms with Crippen LogP contribution in [-0.2, 0) is 9.84 Å². The van der Waals surface area contributed by atoms with Gasteiger partial charge in [-0.25, -0.2) is 13.1 Å². The van der Waals surface area contributed by atoms with Gasteiger partial charge in [-0.1, -0.05) is 12.1 Å². The van der Waals surface area contributed by atoms with Crippen LogP contribution in [-0.4, -0.2) is 40.3 Å². The molecule has 1 heterocycles. The number of nitrogens with zero attached hydrogens (tertiary/aromatic N) is 4. The van der Waals surface area contributed by atoms with E-state index in [1.54, 1.807) is 19.1 Å². The van der Waals surface area contributed by atoms with E-state index in [2.05, 4.69) is 20.8 Å². The molecule has 0 bridgehead atoms. The van der Waals surface area contributed by atoms with E-state index in [1.807, 2.05) is 0 Å². The Morgan fingerprint density at radius 1 is 1.19 bits per heavy atom. The number of hydrogen-bond acceptors (Lipinski definition) is 6. The Bertz CT molecular complexity index is 1090. The molecule has 2 aromatic carbocycles. The van der Waals surface area contributed by atoms with Crippen molar-refractivity contribution in [2.45, 2.75) is 17.6 Å². The second-order valence-electron chi connectivity index (χ2n) is 5.51. The van der Waals surface area contributed by atoms with E-state index in [4.69, 9.17) is 0 Å². The van der Waals surface area contributed by atoms with E-state index in [0.717, 1.165) is 6.07 Å². The normalized spacial score (nSPS) is 11.6. The van der Waals surface area contributed by atoms with Crippen LogP contribution in [0.2, 0.25) is 0 Å². The maximum absolute atomic E-state index is 12.9. The van der Waals surface area contributed by atoms with Crippen LogP contribution in [0.1, 0.15) is 15.9 Å². The zero-order valence-corrected chi connectivity index (χ0v) is 14.7. The van der Waals surface area contributed by atoms with Crippen molar-refractivity contribution in [3.8, 4) is 5.69 Å². The Morgan fingerprint density at radius 2 is 1.93 bits per heavy atom. The Hall–Kier alpha value is -3.21. The average Bonchev–Trinajstić information content (AvgIpc) is 3.16. The summed E-state index contributed by atoms with van der Waals surface area (Å²) in [4.78, 5) is 11.8. The number of carbonyl (C=O) groups is 1. The van der Waals surface area contributed by atoms with Gasteiger partial charge in [0.15, 0.2) is 0 Å². The highest BCUT2D eigenvalue weighted by Crippen LogP contribution is 2.26. The number of benzene rings is 2. The summed E-state index contributed by atoms with van der Waals surface area (Å²) in [5.74, 6) is -4.23. The molecule has 0 spiro atoms. The van der Waals surface area contributed by atoms with Gasteiger partial charge in [-0.05, 0) is 53.2 Å². The smallest absolute Gasteiger partial charge is 0.321 e. The number of anilines is 1. The lowest BCUT2D eigenvalue weighted by molar-refractivity contribution is 0.102. The van der Waals surface area contributed by atoms with Gasteiger partial charge in [0.05, 0.1) is 16.3 Å². The molecule has 0 saturated carbocycles. The topological polar surface area (TPSA) is 107 Å². The molecule has 1 N–H and O–H groups in total. The van der Waals surface area contributed by atoms with Crippen molar-refractivity contribution < 1.29 is 22.0 Å². The number of amides is 1. The minimum atomic E-state index is -4.85. The first kappa shape index (κ1) is 18.6. The van der Waals surface area contributed by atoms with E-state index in [1.165, 1.54) is 35.3 Å². The number of carbonyl (C=O) groups excluding carboxylic acids is 1. The highest BCUT2D eigenvalue weighted by molar-refractivity contribution is 7.91. The first-order valence-electron chi connectivity index (χ1n) is 7.57. The van der Waals surface area contributed by atoms with Crippen LogP contribution in [0, 0.1) is 6.92 Å². The minimum absolute atomic E-state index is 0.216. The molecule has 0 fully saturated rings. The molecular weight excluding hydrogens is 380 g/mol. The van der Waals surface area contributed by atoms with Crippen LogP contribution in [0.25, 0.3) is 5.69 Å². The maximum Gasteiger partial charge on any atom is 0.341 e. The molecule has 0 aliphatic carbocycles. The molecule has 0 saturated heterocycles. The predicted molar refractivity (Wildman–Crippen MR) is 91.5 cm³/mol. The molecule has 0 radical (unpaired) electrons. The molecule has 0 aliphatic heterocycles. The molecule has 0 atom stereocenters. The van der Waals surface area contributed by atoms with Crippen LogP contribution in [0.5, 0.6) is 0 Å². The average molecular weight is 393 g/mol. The van der Waals surface area contributed by atoms with Crippen molar-refractivity contribution in [1.82, 2.24) is 20.2 Å². The lowest BCUT2D eigenvalue weighted by Gasteiger charge is -2.12. The summed E-state index contributed by atoms with van der Waals surface area (Å²) in [6, 6.07) is 9.66. The van der Waals surface area contributed by atoms with E-state index >= 15 is 0 Å². The molecule has 11 heteroatoms. The van der Waals surface area contributed by atoms with Gasteiger partial charge in [-0.3, -0.25) is 4.79 Å². The quantitative estimate of drug-likeness (QED) is 0.712. The number of hydrogen-bond donors (Lipinski definition) is 1. The highest BCUT2D eigenvalue weighted by Gasteiger charge is 2.29. The third-order valence-corrected chi connectivity index (χ3v) is 5.17. The number of sulfone groups is 1. The van der Waals surface area contributed by atoms with E-state index in [9.17, 15) is 22.0 Å². The molecule has 0 unspecified atom stereocenters. The van der Waals surface area contributed by atoms with Crippen molar-refractivity contribution >= 4 is 21.4 Å². The van der Waals surface area contributed by atoms with Gasteiger partial charge >= 0.3 is 5.76 Å². The fourth-order valence-corrected chi connectivity index (χ4v) is 3.32. The van der Waals surface area contributed by atoms with Gasteiger partial charge in [-0.2, -0.15) is 8.78 Å². The number of nitrogens with one attached hydrogen (secondary N) is 1. The standard InChI is InChI=1S/C16H13F2N5O3S/c1-10-8-11(6-7-13(10)23-9-19-21-22-23)15(24)20-12-4-2-3-5-14(12)27(25,26)16(17)18/h2-9,16H,1H3,(H,20,24). The van der Waals surface area contributed by atoms with E-state index < -0.39 is 26.4 Å². The summed E-state index contributed by atoms with van der Waals surface area (Å²) in [5, 5.41) is 13.2. The number of tetrazole rings is 1. The molecule has 3 aromatic rings. The van der Waals surface area contributed by atoms with Crippen LogP contribution >= 0.6 is 0 Å². The fraction of sp³-hybridized carbons (Fsp3) is 0.125. The number of aryl methyl sites for hydroxylation is 1. The summed E-state index contributed by atoms with van der Waals surface area (Å²) >= 11 is 0. The monoisotopic (exact) mass is 393 g/mol. The Labute approximate surface area is 152 Å². The lowest BCUT2D eigenvalue weighted by Crippen LogP contribution is -2.18.